The van der Waals surface area contributed by atoms with Crippen molar-refractivity contribution < 1.29 is 13.2 Å². The van der Waals surface area contributed by atoms with E-state index in [0.717, 1.165) is 74.7 Å². The average molecular weight is 540 g/mol. The lowest BCUT2D eigenvalue weighted by atomic mass is 9.79. The summed E-state index contributed by atoms with van der Waals surface area (Å²) < 4.78 is 32.2. The highest BCUT2D eigenvalue weighted by Gasteiger charge is 2.43. The molecule has 1 fully saturated rings. The number of likely N-dealkylation sites (tertiary alicyclic amines) is 1. The van der Waals surface area contributed by atoms with Crippen molar-refractivity contribution in [3.63, 3.8) is 0 Å². The van der Waals surface area contributed by atoms with Gasteiger partial charge in [0.15, 0.2) is 0 Å². The average Bonchev–Trinajstić information content (AvgIpc) is 2.78. The van der Waals surface area contributed by atoms with Gasteiger partial charge in [-0.1, -0.05) is 6.07 Å². The molecule has 35 heavy (non-hydrogen) atoms. The number of sulfonamides is 1. The molecule has 10 heteroatoms. The number of halogens is 2. The molecule has 0 saturated carbocycles. The monoisotopic (exact) mass is 538 g/mol. The molecule has 2 heterocycles. The lowest BCUT2D eigenvalue weighted by molar-refractivity contribution is -0.0323. The van der Waals surface area contributed by atoms with Crippen molar-refractivity contribution in [2.45, 2.75) is 56.2 Å². The Bertz CT molecular complexity index is 1220. The molecule has 2 aliphatic heterocycles. The maximum Gasteiger partial charge on any atom is 0.229 e. The van der Waals surface area contributed by atoms with Gasteiger partial charge in [-0.25, -0.2) is 8.42 Å². The van der Waals surface area contributed by atoms with E-state index in [-0.39, 0.29) is 36.5 Å². The molecule has 3 N–H and O–H groups in total. The zero-order valence-electron chi connectivity index (χ0n) is 19.7. The molecule has 0 amide bonds. The van der Waals surface area contributed by atoms with E-state index in [9.17, 15) is 8.42 Å². The Morgan fingerprint density at radius 2 is 1.89 bits per heavy atom. The van der Waals surface area contributed by atoms with Crippen molar-refractivity contribution in [1.29, 1.82) is 5.26 Å². The van der Waals surface area contributed by atoms with Crippen molar-refractivity contribution in [3.05, 3.63) is 58.7 Å². The normalized spacial score (nSPS) is 22.9. The summed E-state index contributed by atoms with van der Waals surface area (Å²) in [5, 5.41) is 9.15. The van der Waals surface area contributed by atoms with Crippen molar-refractivity contribution in [1.82, 2.24) is 4.90 Å². The third-order valence-corrected chi connectivity index (χ3v) is 8.00. The number of nitriles is 1. The molecule has 2 atom stereocenters. The van der Waals surface area contributed by atoms with Crippen LogP contribution in [0.5, 0.6) is 5.75 Å². The number of hydrogen-bond acceptors (Lipinski definition) is 6. The number of nitrogens with zero attached hydrogens (tertiary/aromatic N) is 2. The summed E-state index contributed by atoms with van der Waals surface area (Å²) in [6.45, 7) is 1.96. The first-order chi connectivity index (χ1) is 15.7. The van der Waals surface area contributed by atoms with Crippen LogP contribution in [0.25, 0.3) is 0 Å². The van der Waals surface area contributed by atoms with Crippen LogP contribution < -0.4 is 15.2 Å². The highest BCUT2D eigenvalue weighted by molar-refractivity contribution is 7.92. The van der Waals surface area contributed by atoms with Crippen molar-refractivity contribution in [3.8, 4) is 11.8 Å². The first-order valence-corrected chi connectivity index (χ1v) is 13.5. The second kappa shape index (κ2) is 10.5. The van der Waals surface area contributed by atoms with Gasteiger partial charge < -0.3 is 10.5 Å². The van der Waals surface area contributed by atoms with E-state index in [2.05, 4.69) is 21.8 Å². The second-order valence-corrected chi connectivity index (χ2v) is 11.5. The fourth-order valence-corrected chi connectivity index (χ4v) is 6.27. The molecule has 3 aliphatic rings. The number of piperidine rings is 1. The number of ether oxygens (including phenoxy) is 1. The minimum absolute atomic E-state index is 0. The van der Waals surface area contributed by atoms with Crippen LogP contribution in [0.2, 0.25) is 0 Å². The van der Waals surface area contributed by atoms with Crippen molar-refractivity contribution >= 4 is 40.5 Å². The van der Waals surface area contributed by atoms with Crippen LogP contribution in [0.3, 0.4) is 0 Å². The molecule has 0 unspecified atom stereocenters. The highest BCUT2D eigenvalue weighted by atomic mass is 35.5. The van der Waals surface area contributed by atoms with Crippen LogP contribution in [-0.4, -0.2) is 44.3 Å². The van der Waals surface area contributed by atoms with E-state index in [1.807, 2.05) is 18.2 Å². The lowest BCUT2D eigenvalue weighted by Gasteiger charge is -2.48. The summed E-state index contributed by atoms with van der Waals surface area (Å²) in [7, 11) is -3.34. The molecule has 0 bridgehead atoms. The van der Waals surface area contributed by atoms with Crippen LogP contribution in [-0.2, 0) is 22.9 Å². The van der Waals surface area contributed by atoms with Gasteiger partial charge in [0.1, 0.15) is 11.4 Å². The number of aryl methyl sites for hydroxylation is 1. The standard InChI is InChI=1S/C25H30N4O3S.2ClH/c1-33(30,31)28-20-5-7-24-22(14-20)23(27)15-25(32-24)8-10-29(11-9-25)21-6-4-18-12-17(16-26)2-3-19(18)13-21;;/h2-3,5,7,12,14,21,23,28H,4,6,8-11,13,15,27H2,1H3;2*1H/t21-,23+;;/m1../s1. The van der Waals surface area contributed by atoms with Gasteiger partial charge in [0.25, 0.3) is 0 Å². The van der Waals surface area contributed by atoms with E-state index < -0.39 is 10.0 Å². The van der Waals surface area contributed by atoms with Gasteiger partial charge in [-0.15, -0.1) is 24.8 Å². The van der Waals surface area contributed by atoms with Crippen LogP contribution in [0.15, 0.2) is 36.4 Å². The summed E-state index contributed by atoms with van der Waals surface area (Å²) in [5.41, 5.74) is 11.1. The van der Waals surface area contributed by atoms with Gasteiger partial charge in [-0.2, -0.15) is 5.26 Å². The number of hydrogen-bond donors (Lipinski definition) is 2. The summed E-state index contributed by atoms with van der Waals surface area (Å²) in [6.07, 6.45) is 6.92. The fourth-order valence-electron chi connectivity index (χ4n) is 5.71. The first-order valence-electron chi connectivity index (χ1n) is 11.6. The maximum atomic E-state index is 11.6. The zero-order valence-corrected chi connectivity index (χ0v) is 22.1. The van der Waals surface area contributed by atoms with Gasteiger partial charge >= 0.3 is 0 Å². The summed E-state index contributed by atoms with van der Waals surface area (Å²) >= 11 is 0. The molecule has 1 spiro atoms. The molecule has 7 nitrogen and oxygen atoms in total. The summed E-state index contributed by atoms with van der Waals surface area (Å²) in [6, 6.07) is 14.0. The van der Waals surface area contributed by atoms with Crippen molar-refractivity contribution in [2.24, 2.45) is 5.73 Å². The van der Waals surface area contributed by atoms with E-state index in [1.165, 1.54) is 11.1 Å². The number of nitrogens with one attached hydrogen (secondary N) is 1. The molecule has 190 valence electrons. The quantitative estimate of drug-likeness (QED) is 0.612. The van der Waals surface area contributed by atoms with Gasteiger partial charge in [0.05, 0.1) is 17.9 Å². The fraction of sp³-hybridized carbons (Fsp3) is 0.480. The molecule has 1 aliphatic carbocycles. The Kier molecular flexibility index (Phi) is 8.30. The Balaban J connectivity index is 0.00000171. The van der Waals surface area contributed by atoms with E-state index >= 15 is 0 Å². The second-order valence-electron chi connectivity index (χ2n) is 9.75. The first kappa shape index (κ1) is 27.6. The van der Waals surface area contributed by atoms with Gasteiger partial charge in [-0.05, 0) is 73.6 Å². The summed E-state index contributed by atoms with van der Waals surface area (Å²) in [4.78, 5) is 2.59. The van der Waals surface area contributed by atoms with Gasteiger partial charge in [-0.3, -0.25) is 9.62 Å². The van der Waals surface area contributed by atoms with Crippen LogP contribution in [0.4, 0.5) is 5.69 Å². The zero-order chi connectivity index (χ0) is 23.2. The molecule has 2 aromatic carbocycles. The molecule has 1 saturated heterocycles. The topological polar surface area (TPSA) is 108 Å². The third kappa shape index (κ3) is 5.87. The molecule has 5 rings (SSSR count). The minimum Gasteiger partial charge on any atom is -0.487 e. The Labute approximate surface area is 219 Å². The number of fused-ring (bicyclic) bond motifs is 2. The Hall–Kier alpha value is -2.02. The van der Waals surface area contributed by atoms with E-state index in [0.29, 0.717) is 11.7 Å². The molecule has 2 aromatic rings. The third-order valence-electron chi connectivity index (χ3n) is 7.39. The molecule has 0 aromatic heterocycles. The Morgan fingerprint density at radius 3 is 2.57 bits per heavy atom. The number of rotatable bonds is 3. The predicted octanol–water partition coefficient (Wildman–Crippen LogP) is 3.95. The van der Waals surface area contributed by atoms with E-state index in [1.54, 1.807) is 12.1 Å². The molecular weight excluding hydrogens is 507 g/mol. The van der Waals surface area contributed by atoms with Crippen LogP contribution >= 0.6 is 24.8 Å². The smallest absolute Gasteiger partial charge is 0.229 e. The Morgan fingerprint density at radius 1 is 1.14 bits per heavy atom. The largest absolute Gasteiger partial charge is 0.487 e. The summed E-state index contributed by atoms with van der Waals surface area (Å²) in [5.74, 6) is 0.765. The number of anilines is 1. The van der Waals surface area contributed by atoms with Crippen molar-refractivity contribution in [2.75, 3.05) is 24.1 Å². The SMILES string of the molecule is CS(=O)(=O)Nc1ccc2c(c1)[C@@H](N)CC1(CCN([C@@H]3CCc4cc(C#N)ccc4C3)CC1)O2.Cl.Cl. The molecular formula is C25H32Cl2N4O3S. The predicted molar refractivity (Wildman–Crippen MR) is 142 cm³/mol. The van der Waals surface area contributed by atoms with E-state index in [4.69, 9.17) is 15.7 Å². The molecule has 0 radical (unpaired) electrons. The van der Waals surface area contributed by atoms with Crippen LogP contribution in [0.1, 0.15) is 54.0 Å². The van der Waals surface area contributed by atoms with Crippen LogP contribution in [0, 0.1) is 11.3 Å². The number of benzene rings is 2. The van der Waals surface area contributed by atoms with Gasteiger partial charge in [0, 0.05) is 42.8 Å². The maximum absolute atomic E-state index is 11.6. The van der Waals surface area contributed by atoms with Gasteiger partial charge in [0.2, 0.25) is 10.0 Å². The highest BCUT2D eigenvalue weighted by Crippen LogP contribution is 2.44. The lowest BCUT2D eigenvalue weighted by Crippen LogP contribution is -2.54. The number of nitrogens with two attached hydrogens (primary N) is 1. The minimum atomic E-state index is -3.34.